The first-order chi connectivity index (χ1) is 10.6. The lowest BCUT2D eigenvalue weighted by Crippen LogP contribution is -2.21. The van der Waals surface area contributed by atoms with Crippen molar-refractivity contribution >= 4 is 5.82 Å². The molecule has 0 spiro atoms. The second kappa shape index (κ2) is 6.27. The lowest BCUT2D eigenvalue weighted by Gasteiger charge is -2.16. The van der Waals surface area contributed by atoms with Gasteiger partial charge in [0.05, 0.1) is 12.3 Å². The van der Waals surface area contributed by atoms with Crippen LogP contribution in [0.15, 0.2) is 36.5 Å². The van der Waals surface area contributed by atoms with E-state index in [0.717, 1.165) is 30.9 Å². The predicted octanol–water partition coefficient (Wildman–Crippen LogP) is 2.51. The van der Waals surface area contributed by atoms with Crippen molar-refractivity contribution in [3.63, 3.8) is 0 Å². The van der Waals surface area contributed by atoms with E-state index in [4.69, 9.17) is 4.74 Å². The van der Waals surface area contributed by atoms with Crippen LogP contribution in [0.5, 0.6) is 5.75 Å². The monoisotopic (exact) mass is 306 g/mol. The van der Waals surface area contributed by atoms with E-state index in [2.05, 4.69) is 4.98 Å². The molecule has 6 heteroatoms. The number of hydrogen-bond acceptors (Lipinski definition) is 4. The number of nitrogens with zero attached hydrogens (tertiary/aromatic N) is 2. The quantitative estimate of drug-likeness (QED) is 0.943. The Hall–Kier alpha value is -2.21. The Labute approximate surface area is 127 Å². The van der Waals surface area contributed by atoms with Crippen LogP contribution < -0.4 is 9.64 Å². The number of β-amino-alcohol motifs (C(OH)–C–C–N with tert-alkyl or cyclic N) is 1. The summed E-state index contributed by atoms with van der Waals surface area (Å²) in [6, 6.07) is 7.26. The van der Waals surface area contributed by atoms with Gasteiger partial charge in [-0.1, -0.05) is 6.07 Å². The highest BCUT2D eigenvalue weighted by Gasteiger charge is 2.21. The number of aromatic nitrogens is 1. The van der Waals surface area contributed by atoms with E-state index in [1.165, 1.54) is 6.07 Å². The standard InChI is InChI=1S/C16H16F2N2O2/c17-14-3-1-11(7-15(14)18)10-22-13-2-4-16(19-8-13)20-6-5-12(21)9-20/h1-4,7-8,12,21H,5-6,9-10H2/t12-/m1/s1. The molecule has 1 aliphatic rings. The predicted molar refractivity (Wildman–Crippen MR) is 77.8 cm³/mol. The molecule has 0 aliphatic carbocycles. The fourth-order valence-electron chi connectivity index (χ4n) is 2.39. The molecule has 0 radical (unpaired) electrons. The molecule has 116 valence electrons. The zero-order valence-electron chi connectivity index (χ0n) is 11.9. The highest BCUT2D eigenvalue weighted by Crippen LogP contribution is 2.21. The largest absolute Gasteiger partial charge is 0.487 e. The summed E-state index contributed by atoms with van der Waals surface area (Å²) < 4.78 is 31.4. The van der Waals surface area contributed by atoms with Gasteiger partial charge in [0, 0.05) is 13.1 Å². The molecule has 3 rings (SSSR count). The number of aliphatic hydroxyl groups is 1. The molecule has 1 aliphatic heterocycles. The minimum absolute atomic E-state index is 0.140. The molecule has 2 aromatic rings. The van der Waals surface area contributed by atoms with E-state index < -0.39 is 11.6 Å². The van der Waals surface area contributed by atoms with Gasteiger partial charge < -0.3 is 14.7 Å². The first-order valence-corrected chi connectivity index (χ1v) is 7.07. The summed E-state index contributed by atoms with van der Waals surface area (Å²) in [6.07, 6.45) is 2.03. The van der Waals surface area contributed by atoms with Crippen LogP contribution >= 0.6 is 0 Å². The summed E-state index contributed by atoms with van der Waals surface area (Å²) in [4.78, 5) is 6.30. The molecule has 0 amide bonds. The smallest absolute Gasteiger partial charge is 0.159 e. The van der Waals surface area contributed by atoms with Crippen molar-refractivity contribution in [3.8, 4) is 5.75 Å². The first kappa shape index (κ1) is 14.7. The van der Waals surface area contributed by atoms with Crippen LogP contribution in [0.1, 0.15) is 12.0 Å². The maximum absolute atomic E-state index is 13.1. The van der Waals surface area contributed by atoms with Gasteiger partial charge in [-0.15, -0.1) is 0 Å². The second-order valence-corrected chi connectivity index (χ2v) is 5.28. The molecule has 4 nitrogen and oxygen atoms in total. The van der Waals surface area contributed by atoms with E-state index in [9.17, 15) is 13.9 Å². The van der Waals surface area contributed by atoms with Crippen LogP contribution in [0.25, 0.3) is 0 Å². The Balaban J connectivity index is 1.60. The molecular weight excluding hydrogens is 290 g/mol. The lowest BCUT2D eigenvalue weighted by atomic mass is 10.2. The van der Waals surface area contributed by atoms with Crippen LogP contribution in [-0.2, 0) is 6.61 Å². The minimum Gasteiger partial charge on any atom is -0.487 e. The average molecular weight is 306 g/mol. The van der Waals surface area contributed by atoms with Gasteiger partial charge in [0.15, 0.2) is 11.6 Å². The van der Waals surface area contributed by atoms with Gasteiger partial charge in [-0.2, -0.15) is 0 Å². The van der Waals surface area contributed by atoms with E-state index in [1.807, 2.05) is 11.0 Å². The average Bonchev–Trinajstić information content (AvgIpc) is 2.95. The summed E-state index contributed by atoms with van der Waals surface area (Å²) in [5, 5.41) is 9.52. The van der Waals surface area contributed by atoms with Crippen LogP contribution in [-0.4, -0.2) is 29.3 Å². The zero-order valence-corrected chi connectivity index (χ0v) is 11.9. The van der Waals surface area contributed by atoms with E-state index in [-0.39, 0.29) is 12.7 Å². The second-order valence-electron chi connectivity index (χ2n) is 5.28. The maximum Gasteiger partial charge on any atom is 0.159 e. The SMILES string of the molecule is O[C@@H]1CCN(c2ccc(OCc3ccc(F)c(F)c3)cn2)C1. The molecule has 1 fully saturated rings. The van der Waals surface area contributed by atoms with Crippen LogP contribution in [0.4, 0.5) is 14.6 Å². The Kier molecular flexibility index (Phi) is 4.20. The highest BCUT2D eigenvalue weighted by atomic mass is 19.2. The normalized spacial score (nSPS) is 17.8. The van der Waals surface area contributed by atoms with Crippen molar-refractivity contribution < 1.29 is 18.6 Å². The number of anilines is 1. The Morgan fingerprint density at radius 1 is 1.23 bits per heavy atom. The molecule has 0 unspecified atom stereocenters. The van der Waals surface area contributed by atoms with E-state index >= 15 is 0 Å². The molecule has 0 saturated carbocycles. The fraction of sp³-hybridized carbons (Fsp3) is 0.312. The first-order valence-electron chi connectivity index (χ1n) is 7.07. The van der Waals surface area contributed by atoms with Crippen LogP contribution in [0.3, 0.4) is 0 Å². The number of rotatable bonds is 4. The van der Waals surface area contributed by atoms with Crippen molar-refractivity contribution in [1.29, 1.82) is 0 Å². The summed E-state index contributed by atoms with van der Waals surface area (Å²) in [7, 11) is 0. The Morgan fingerprint density at radius 3 is 2.73 bits per heavy atom. The summed E-state index contributed by atoms with van der Waals surface area (Å²) in [5.41, 5.74) is 0.547. The summed E-state index contributed by atoms with van der Waals surface area (Å²) in [6.45, 7) is 1.51. The molecular formula is C16H16F2N2O2. The molecule has 2 heterocycles. The number of pyridine rings is 1. The van der Waals surface area contributed by atoms with Gasteiger partial charge in [0.1, 0.15) is 18.2 Å². The highest BCUT2D eigenvalue weighted by molar-refractivity contribution is 5.42. The Morgan fingerprint density at radius 2 is 2.09 bits per heavy atom. The number of aliphatic hydroxyl groups excluding tert-OH is 1. The van der Waals surface area contributed by atoms with E-state index in [1.54, 1.807) is 12.3 Å². The Bertz CT molecular complexity index is 649. The number of ether oxygens (including phenoxy) is 1. The molecule has 1 atom stereocenters. The third kappa shape index (κ3) is 3.33. The molecule has 22 heavy (non-hydrogen) atoms. The van der Waals surface area contributed by atoms with Crippen LogP contribution in [0.2, 0.25) is 0 Å². The van der Waals surface area contributed by atoms with Gasteiger partial charge in [0.25, 0.3) is 0 Å². The number of halogens is 2. The van der Waals surface area contributed by atoms with Gasteiger partial charge in [-0.25, -0.2) is 13.8 Å². The fourth-order valence-corrected chi connectivity index (χ4v) is 2.39. The maximum atomic E-state index is 13.1. The zero-order chi connectivity index (χ0) is 15.5. The number of benzene rings is 1. The molecule has 1 aromatic carbocycles. The van der Waals surface area contributed by atoms with Gasteiger partial charge in [0.2, 0.25) is 0 Å². The van der Waals surface area contributed by atoms with Gasteiger partial charge in [-0.3, -0.25) is 0 Å². The molecule has 0 bridgehead atoms. The number of hydrogen-bond donors (Lipinski definition) is 1. The summed E-state index contributed by atoms with van der Waals surface area (Å²) >= 11 is 0. The third-order valence-electron chi connectivity index (χ3n) is 3.60. The third-order valence-corrected chi connectivity index (χ3v) is 3.60. The summed E-state index contributed by atoms with van der Waals surface area (Å²) in [5.74, 6) is -0.422. The molecule has 1 saturated heterocycles. The van der Waals surface area contributed by atoms with Gasteiger partial charge >= 0.3 is 0 Å². The van der Waals surface area contributed by atoms with Crippen molar-refractivity contribution in [2.45, 2.75) is 19.1 Å². The van der Waals surface area contributed by atoms with Gasteiger partial charge in [-0.05, 0) is 36.2 Å². The van der Waals surface area contributed by atoms with Crippen molar-refractivity contribution in [2.24, 2.45) is 0 Å². The topological polar surface area (TPSA) is 45.6 Å². The lowest BCUT2D eigenvalue weighted by molar-refractivity contribution is 0.198. The minimum atomic E-state index is -0.887. The molecule has 1 aromatic heterocycles. The van der Waals surface area contributed by atoms with Crippen LogP contribution in [0, 0.1) is 11.6 Å². The van der Waals surface area contributed by atoms with E-state index in [0.29, 0.717) is 17.9 Å². The van der Waals surface area contributed by atoms with Crippen molar-refractivity contribution in [2.75, 3.05) is 18.0 Å². The molecule has 1 N–H and O–H groups in total. The van der Waals surface area contributed by atoms with Crippen molar-refractivity contribution in [3.05, 3.63) is 53.7 Å². The van der Waals surface area contributed by atoms with Crippen molar-refractivity contribution in [1.82, 2.24) is 4.98 Å².